The molecule has 2 aliphatic rings. The van der Waals surface area contributed by atoms with E-state index in [0.717, 1.165) is 35.8 Å². The molecule has 1 fully saturated rings. The monoisotopic (exact) mass is 367 g/mol. The van der Waals surface area contributed by atoms with Crippen LogP contribution in [-0.4, -0.2) is 32.3 Å². The van der Waals surface area contributed by atoms with Crippen LogP contribution in [0.2, 0.25) is 0 Å². The van der Waals surface area contributed by atoms with Crippen molar-refractivity contribution >= 4 is 11.6 Å². The van der Waals surface area contributed by atoms with Crippen molar-refractivity contribution in [2.24, 2.45) is 10.7 Å². The van der Waals surface area contributed by atoms with E-state index in [4.69, 9.17) is 19.9 Å². The van der Waals surface area contributed by atoms with Gasteiger partial charge in [0, 0.05) is 29.2 Å². The van der Waals surface area contributed by atoms with Crippen LogP contribution in [0.25, 0.3) is 0 Å². The number of benzene rings is 2. The quantitative estimate of drug-likeness (QED) is 0.640. The number of nitrogens with zero attached hydrogens (tertiary/aromatic N) is 1. The standard InChI is InChI=1S/C21H25N3O3/c1-21(15-6-3-4-7-16(15)25-2)13-19(21)24-20(22)23-14-8-9-17-18(12-14)27-11-5-10-26-17/h3-4,6-9,12,19H,5,10-11,13H2,1-2H3,(H3,22,23,24). The average Bonchev–Trinajstić information content (AvgIpc) is 3.38. The van der Waals surface area contributed by atoms with Crippen LogP contribution >= 0.6 is 0 Å². The fourth-order valence-electron chi connectivity index (χ4n) is 3.53. The predicted octanol–water partition coefficient (Wildman–Crippen LogP) is 3.31. The number of nitrogens with one attached hydrogen (secondary N) is 1. The van der Waals surface area contributed by atoms with Gasteiger partial charge in [0.15, 0.2) is 17.5 Å². The number of para-hydroxylation sites is 1. The normalized spacial score (nSPS) is 24.1. The lowest BCUT2D eigenvalue weighted by Crippen LogP contribution is -2.24. The number of hydrogen-bond acceptors (Lipinski definition) is 4. The Morgan fingerprint density at radius 1 is 1.19 bits per heavy atom. The number of fused-ring (bicyclic) bond motifs is 1. The van der Waals surface area contributed by atoms with Gasteiger partial charge in [-0.15, -0.1) is 0 Å². The number of guanidine groups is 1. The van der Waals surface area contributed by atoms with E-state index in [-0.39, 0.29) is 11.5 Å². The van der Waals surface area contributed by atoms with Crippen molar-refractivity contribution in [1.82, 2.24) is 0 Å². The van der Waals surface area contributed by atoms with Crippen LogP contribution in [0.4, 0.5) is 5.69 Å². The van der Waals surface area contributed by atoms with Gasteiger partial charge in [-0.25, -0.2) is 4.99 Å². The van der Waals surface area contributed by atoms with Gasteiger partial charge in [0.25, 0.3) is 0 Å². The Hall–Kier alpha value is -2.89. The largest absolute Gasteiger partial charge is 0.496 e. The van der Waals surface area contributed by atoms with Crippen molar-refractivity contribution in [3.63, 3.8) is 0 Å². The first-order valence-corrected chi connectivity index (χ1v) is 9.23. The Morgan fingerprint density at radius 3 is 2.78 bits per heavy atom. The molecule has 0 radical (unpaired) electrons. The van der Waals surface area contributed by atoms with E-state index in [1.165, 1.54) is 5.56 Å². The molecule has 2 atom stereocenters. The van der Waals surface area contributed by atoms with Gasteiger partial charge in [-0.2, -0.15) is 0 Å². The summed E-state index contributed by atoms with van der Waals surface area (Å²) in [6.45, 7) is 3.52. The summed E-state index contributed by atoms with van der Waals surface area (Å²) in [5.41, 5.74) is 8.11. The molecule has 1 heterocycles. The van der Waals surface area contributed by atoms with Gasteiger partial charge >= 0.3 is 0 Å². The fraction of sp³-hybridized carbons (Fsp3) is 0.381. The van der Waals surface area contributed by atoms with Crippen LogP contribution < -0.4 is 25.3 Å². The molecule has 0 spiro atoms. The maximum Gasteiger partial charge on any atom is 0.193 e. The Morgan fingerprint density at radius 2 is 1.96 bits per heavy atom. The Balaban J connectivity index is 1.47. The second-order valence-electron chi connectivity index (χ2n) is 7.19. The van der Waals surface area contributed by atoms with Crippen LogP contribution in [0.15, 0.2) is 47.5 Å². The highest BCUT2D eigenvalue weighted by Gasteiger charge is 2.53. The summed E-state index contributed by atoms with van der Waals surface area (Å²) in [5.74, 6) is 2.79. The van der Waals surface area contributed by atoms with Gasteiger partial charge < -0.3 is 25.3 Å². The fourth-order valence-corrected chi connectivity index (χ4v) is 3.53. The number of methoxy groups -OCH3 is 1. The Labute approximate surface area is 159 Å². The zero-order valence-corrected chi connectivity index (χ0v) is 15.7. The number of rotatable bonds is 4. The lowest BCUT2D eigenvalue weighted by atomic mass is 9.96. The van der Waals surface area contributed by atoms with Crippen molar-refractivity contribution in [3.8, 4) is 17.2 Å². The lowest BCUT2D eigenvalue weighted by Gasteiger charge is -2.15. The number of ether oxygens (including phenoxy) is 3. The molecule has 1 aliphatic heterocycles. The Bertz CT molecular complexity index is 868. The minimum Gasteiger partial charge on any atom is -0.496 e. The van der Waals surface area contributed by atoms with Crippen molar-refractivity contribution in [2.45, 2.75) is 31.2 Å². The average molecular weight is 367 g/mol. The van der Waals surface area contributed by atoms with E-state index in [2.05, 4.69) is 23.3 Å². The van der Waals surface area contributed by atoms with Crippen molar-refractivity contribution < 1.29 is 14.2 Å². The molecule has 27 heavy (non-hydrogen) atoms. The highest BCUT2D eigenvalue weighted by atomic mass is 16.5. The highest BCUT2D eigenvalue weighted by Crippen LogP contribution is 2.53. The second kappa shape index (κ2) is 7.02. The van der Waals surface area contributed by atoms with Crippen molar-refractivity contribution in [3.05, 3.63) is 48.0 Å². The third-order valence-electron chi connectivity index (χ3n) is 5.23. The smallest absolute Gasteiger partial charge is 0.193 e. The third-order valence-corrected chi connectivity index (χ3v) is 5.23. The summed E-state index contributed by atoms with van der Waals surface area (Å²) < 4.78 is 16.9. The highest BCUT2D eigenvalue weighted by molar-refractivity contribution is 5.93. The van der Waals surface area contributed by atoms with E-state index in [1.54, 1.807) is 7.11 Å². The van der Waals surface area contributed by atoms with Gasteiger partial charge in [0.1, 0.15) is 5.75 Å². The maximum atomic E-state index is 6.16. The van der Waals surface area contributed by atoms with Crippen LogP contribution in [0.1, 0.15) is 25.3 Å². The third kappa shape index (κ3) is 3.52. The summed E-state index contributed by atoms with van der Waals surface area (Å²) in [7, 11) is 1.70. The van der Waals surface area contributed by atoms with E-state index < -0.39 is 0 Å². The molecule has 0 bridgehead atoms. The summed E-state index contributed by atoms with van der Waals surface area (Å²) in [4.78, 5) is 4.68. The first-order chi connectivity index (χ1) is 13.1. The second-order valence-corrected chi connectivity index (χ2v) is 7.19. The first kappa shape index (κ1) is 17.5. The van der Waals surface area contributed by atoms with E-state index in [0.29, 0.717) is 19.2 Å². The number of anilines is 1. The summed E-state index contributed by atoms with van der Waals surface area (Å²) in [6, 6.07) is 13.9. The molecule has 1 saturated carbocycles. The summed E-state index contributed by atoms with van der Waals surface area (Å²) in [5, 5.41) is 3.16. The molecular formula is C21H25N3O3. The summed E-state index contributed by atoms with van der Waals surface area (Å²) in [6.07, 6.45) is 1.82. The number of hydrogen-bond donors (Lipinski definition) is 2. The number of aliphatic imine (C=N–C) groups is 1. The van der Waals surface area contributed by atoms with E-state index >= 15 is 0 Å². The lowest BCUT2D eigenvalue weighted by molar-refractivity contribution is 0.297. The van der Waals surface area contributed by atoms with Crippen molar-refractivity contribution in [1.29, 1.82) is 0 Å². The predicted molar refractivity (Wildman–Crippen MR) is 106 cm³/mol. The zero-order chi connectivity index (χ0) is 18.9. The SMILES string of the molecule is COc1ccccc1C1(C)CC1N=C(N)Nc1ccc2c(c1)OCCCO2. The van der Waals surface area contributed by atoms with Gasteiger partial charge in [-0.05, 0) is 24.6 Å². The molecule has 0 aromatic heterocycles. The molecule has 2 unspecified atom stereocenters. The van der Waals surface area contributed by atoms with Crippen molar-refractivity contribution in [2.75, 3.05) is 25.6 Å². The Kier molecular flexibility index (Phi) is 4.56. The topological polar surface area (TPSA) is 78.1 Å². The zero-order valence-electron chi connectivity index (χ0n) is 15.7. The van der Waals surface area contributed by atoms with Crippen LogP contribution in [0, 0.1) is 0 Å². The molecule has 4 rings (SSSR count). The van der Waals surface area contributed by atoms with Gasteiger partial charge in [-0.3, -0.25) is 0 Å². The molecule has 3 N–H and O–H groups in total. The first-order valence-electron chi connectivity index (χ1n) is 9.23. The molecule has 0 amide bonds. The molecule has 2 aromatic carbocycles. The van der Waals surface area contributed by atoms with Crippen LogP contribution in [0.3, 0.4) is 0 Å². The molecule has 0 saturated heterocycles. The van der Waals surface area contributed by atoms with E-state index in [1.807, 2.05) is 36.4 Å². The maximum absolute atomic E-state index is 6.16. The minimum atomic E-state index is -0.0520. The molecule has 6 nitrogen and oxygen atoms in total. The molecule has 1 aliphatic carbocycles. The van der Waals surface area contributed by atoms with Crippen LogP contribution in [0.5, 0.6) is 17.2 Å². The molecular weight excluding hydrogens is 342 g/mol. The number of nitrogens with two attached hydrogens (primary N) is 1. The molecule has 2 aromatic rings. The van der Waals surface area contributed by atoms with Gasteiger partial charge in [0.05, 0.1) is 26.4 Å². The van der Waals surface area contributed by atoms with Gasteiger partial charge in [0.2, 0.25) is 0 Å². The summed E-state index contributed by atoms with van der Waals surface area (Å²) >= 11 is 0. The van der Waals surface area contributed by atoms with E-state index in [9.17, 15) is 0 Å². The minimum absolute atomic E-state index is 0.0520. The van der Waals surface area contributed by atoms with Crippen LogP contribution in [-0.2, 0) is 5.41 Å². The molecule has 142 valence electrons. The van der Waals surface area contributed by atoms with Gasteiger partial charge in [-0.1, -0.05) is 25.1 Å². The molecule has 6 heteroatoms.